The summed E-state index contributed by atoms with van der Waals surface area (Å²) in [5.74, 6) is 0.728. The fourth-order valence-corrected chi connectivity index (χ4v) is 2.41. The molecule has 0 aliphatic heterocycles. The van der Waals surface area contributed by atoms with Crippen LogP contribution in [0.1, 0.15) is 48.2 Å². The first-order chi connectivity index (χ1) is 12.0. The van der Waals surface area contributed by atoms with E-state index in [1.807, 2.05) is 37.3 Å². The number of hydrogen-bond donors (Lipinski definition) is 3. The van der Waals surface area contributed by atoms with E-state index in [2.05, 4.69) is 41.6 Å². The van der Waals surface area contributed by atoms with E-state index in [0.29, 0.717) is 30.5 Å². The predicted molar refractivity (Wildman–Crippen MR) is 104 cm³/mol. The van der Waals surface area contributed by atoms with Crippen molar-refractivity contribution in [1.82, 2.24) is 5.32 Å². The Bertz CT molecular complexity index is 753. The molecule has 0 aromatic heterocycles. The minimum Gasteiger partial charge on any atom is -0.370 e. The van der Waals surface area contributed by atoms with Crippen molar-refractivity contribution in [3.63, 3.8) is 0 Å². The zero-order valence-electron chi connectivity index (χ0n) is 15.0. The third kappa shape index (κ3) is 5.64. The molecule has 0 spiro atoms. The van der Waals surface area contributed by atoms with Crippen molar-refractivity contribution in [1.29, 1.82) is 0 Å². The Morgan fingerprint density at radius 1 is 1.16 bits per heavy atom. The maximum Gasteiger partial charge on any atom is 0.251 e. The molecule has 0 aliphatic rings. The number of benzene rings is 2. The first-order valence-electron chi connectivity index (χ1n) is 8.53. The molecule has 25 heavy (non-hydrogen) atoms. The average Bonchev–Trinajstić information content (AvgIpc) is 2.60. The summed E-state index contributed by atoms with van der Waals surface area (Å²) in [4.78, 5) is 16.2. The van der Waals surface area contributed by atoms with Gasteiger partial charge in [-0.15, -0.1) is 0 Å². The minimum absolute atomic E-state index is 0.0788. The number of carbonyl (C=O) groups is 1. The summed E-state index contributed by atoms with van der Waals surface area (Å²) < 4.78 is 0. The van der Waals surface area contributed by atoms with E-state index in [-0.39, 0.29) is 5.91 Å². The van der Waals surface area contributed by atoms with Gasteiger partial charge in [0.15, 0.2) is 5.96 Å². The van der Waals surface area contributed by atoms with Crippen molar-refractivity contribution in [2.45, 2.75) is 33.2 Å². The number of nitrogens with one attached hydrogen (secondary N) is 2. The minimum atomic E-state index is -0.0788. The second kappa shape index (κ2) is 8.87. The Hall–Kier alpha value is -2.82. The highest BCUT2D eigenvalue weighted by Crippen LogP contribution is 2.18. The Morgan fingerprint density at radius 3 is 2.64 bits per heavy atom. The van der Waals surface area contributed by atoms with Crippen LogP contribution in [0.5, 0.6) is 0 Å². The van der Waals surface area contributed by atoms with Crippen LogP contribution in [0.4, 0.5) is 5.69 Å². The molecule has 0 aliphatic carbocycles. The molecule has 2 rings (SSSR count). The van der Waals surface area contributed by atoms with Gasteiger partial charge in [-0.2, -0.15) is 0 Å². The Morgan fingerprint density at radius 2 is 1.92 bits per heavy atom. The lowest BCUT2D eigenvalue weighted by Crippen LogP contribution is -2.23. The van der Waals surface area contributed by atoms with Crippen molar-refractivity contribution in [3.8, 4) is 0 Å². The standard InChI is InChI=1S/C20H26N4O/c1-4-22-19(25)17-9-5-7-15(11-17)13-23-20(21)24-18-10-6-8-16(12-18)14(2)3/h5-12,14H,4,13H2,1-3H3,(H,22,25)(H3,21,23,24). The van der Waals surface area contributed by atoms with Crippen LogP contribution in [0, 0.1) is 0 Å². The first-order valence-corrected chi connectivity index (χ1v) is 8.53. The Balaban J connectivity index is 2.02. The van der Waals surface area contributed by atoms with Gasteiger partial charge in [-0.1, -0.05) is 38.1 Å². The molecular formula is C20H26N4O. The molecule has 0 unspecified atom stereocenters. The van der Waals surface area contributed by atoms with Crippen LogP contribution in [-0.2, 0) is 6.54 Å². The lowest BCUT2D eigenvalue weighted by Gasteiger charge is -2.10. The van der Waals surface area contributed by atoms with Crippen molar-refractivity contribution in [2.75, 3.05) is 11.9 Å². The largest absolute Gasteiger partial charge is 0.370 e. The van der Waals surface area contributed by atoms with Crippen LogP contribution in [0.2, 0.25) is 0 Å². The van der Waals surface area contributed by atoms with Crippen molar-refractivity contribution < 1.29 is 4.79 Å². The molecule has 0 saturated carbocycles. The number of nitrogens with two attached hydrogens (primary N) is 1. The predicted octanol–water partition coefficient (Wildman–Crippen LogP) is 3.49. The molecule has 2 aromatic rings. The zero-order chi connectivity index (χ0) is 18.2. The van der Waals surface area contributed by atoms with Crippen LogP contribution in [-0.4, -0.2) is 18.4 Å². The monoisotopic (exact) mass is 338 g/mol. The summed E-state index contributed by atoms with van der Waals surface area (Å²) in [6.07, 6.45) is 0. The summed E-state index contributed by atoms with van der Waals surface area (Å²) in [5, 5.41) is 5.90. The van der Waals surface area contributed by atoms with Crippen molar-refractivity contribution >= 4 is 17.6 Å². The molecule has 0 fully saturated rings. The highest BCUT2D eigenvalue weighted by Gasteiger charge is 2.05. The van der Waals surface area contributed by atoms with Crippen LogP contribution in [0.25, 0.3) is 0 Å². The SMILES string of the molecule is CCNC(=O)c1cccc(CN=C(N)Nc2cccc(C(C)C)c2)c1. The molecule has 0 atom stereocenters. The van der Waals surface area contributed by atoms with Crippen molar-refractivity contribution in [2.24, 2.45) is 10.7 Å². The number of anilines is 1. The number of guanidine groups is 1. The number of hydrogen-bond acceptors (Lipinski definition) is 2. The molecule has 0 saturated heterocycles. The number of rotatable bonds is 6. The summed E-state index contributed by atoms with van der Waals surface area (Å²) in [6.45, 7) is 7.21. The second-order valence-electron chi connectivity index (χ2n) is 6.17. The van der Waals surface area contributed by atoms with E-state index in [1.165, 1.54) is 5.56 Å². The van der Waals surface area contributed by atoms with Gasteiger partial charge >= 0.3 is 0 Å². The zero-order valence-corrected chi connectivity index (χ0v) is 15.0. The van der Waals surface area contributed by atoms with Crippen molar-refractivity contribution in [3.05, 3.63) is 65.2 Å². The normalized spacial score (nSPS) is 11.4. The van der Waals surface area contributed by atoms with Gasteiger partial charge in [0.1, 0.15) is 0 Å². The van der Waals surface area contributed by atoms with Gasteiger partial charge < -0.3 is 16.4 Å². The molecule has 0 radical (unpaired) electrons. The summed E-state index contributed by atoms with van der Waals surface area (Å²) in [6, 6.07) is 15.5. The smallest absolute Gasteiger partial charge is 0.251 e. The maximum absolute atomic E-state index is 11.9. The van der Waals surface area contributed by atoms with Crippen LogP contribution in [0.3, 0.4) is 0 Å². The lowest BCUT2D eigenvalue weighted by molar-refractivity contribution is 0.0955. The highest BCUT2D eigenvalue weighted by molar-refractivity contribution is 5.94. The number of aliphatic imine (C=N–C) groups is 1. The van der Waals surface area contributed by atoms with E-state index in [9.17, 15) is 4.79 Å². The Kier molecular flexibility index (Phi) is 6.57. The Labute approximate surface area is 149 Å². The van der Waals surface area contributed by atoms with Crippen LogP contribution in [0.15, 0.2) is 53.5 Å². The maximum atomic E-state index is 11.9. The summed E-state index contributed by atoms with van der Waals surface area (Å²) in [5.41, 5.74) is 9.71. The van der Waals surface area contributed by atoms with Gasteiger partial charge in [-0.25, -0.2) is 4.99 Å². The fraction of sp³-hybridized carbons (Fsp3) is 0.300. The second-order valence-corrected chi connectivity index (χ2v) is 6.17. The van der Waals surface area contributed by atoms with Gasteiger partial charge in [0.05, 0.1) is 6.54 Å². The first kappa shape index (κ1) is 18.5. The average molecular weight is 338 g/mol. The summed E-state index contributed by atoms with van der Waals surface area (Å²) in [7, 11) is 0. The molecule has 5 heteroatoms. The van der Waals surface area contributed by atoms with Crippen LogP contribution < -0.4 is 16.4 Å². The topological polar surface area (TPSA) is 79.5 Å². The molecule has 4 N–H and O–H groups in total. The highest BCUT2D eigenvalue weighted by atomic mass is 16.1. The van der Waals surface area contributed by atoms with E-state index in [1.54, 1.807) is 6.07 Å². The number of amides is 1. The molecule has 132 valence electrons. The molecule has 0 bridgehead atoms. The molecule has 5 nitrogen and oxygen atoms in total. The van der Waals surface area contributed by atoms with Gasteiger partial charge in [-0.05, 0) is 48.2 Å². The lowest BCUT2D eigenvalue weighted by atomic mass is 10.0. The number of carbonyl (C=O) groups excluding carboxylic acids is 1. The van der Waals surface area contributed by atoms with Gasteiger partial charge in [0.2, 0.25) is 0 Å². The van der Waals surface area contributed by atoms with E-state index < -0.39 is 0 Å². The summed E-state index contributed by atoms with van der Waals surface area (Å²) >= 11 is 0. The third-order valence-corrected chi connectivity index (χ3v) is 3.78. The van der Waals surface area contributed by atoms with Gasteiger partial charge in [0.25, 0.3) is 5.91 Å². The third-order valence-electron chi connectivity index (χ3n) is 3.78. The quantitative estimate of drug-likeness (QED) is 0.557. The fourth-order valence-electron chi connectivity index (χ4n) is 2.41. The number of nitrogens with zero attached hydrogens (tertiary/aromatic N) is 1. The van der Waals surface area contributed by atoms with Gasteiger partial charge in [-0.3, -0.25) is 4.79 Å². The molecule has 1 amide bonds. The van der Waals surface area contributed by atoms with E-state index in [4.69, 9.17) is 5.73 Å². The van der Waals surface area contributed by atoms with Crippen LogP contribution >= 0.6 is 0 Å². The van der Waals surface area contributed by atoms with Gasteiger partial charge in [0, 0.05) is 17.8 Å². The molecule has 2 aromatic carbocycles. The van der Waals surface area contributed by atoms with E-state index in [0.717, 1.165) is 11.3 Å². The molecular weight excluding hydrogens is 312 g/mol. The molecule has 0 heterocycles. The van der Waals surface area contributed by atoms with E-state index >= 15 is 0 Å².